The molecule has 0 N–H and O–H groups in total. The number of rotatable bonds is 2. The Labute approximate surface area is 91.0 Å². The van der Waals surface area contributed by atoms with Gasteiger partial charge in [0.05, 0.1) is 5.56 Å². The van der Waals surface area contributed by atoms with Gasteiger partial charge in [-0.2, -0.15) is 0 Å². The summed E-state index contributed by atoms with van der Waals surface area (Å²) in [4.78, 5) is 15.2. The van der Waals surface area contributed by atoms with Crippen LogP contribution < -0.4 is 0 Å². The predicted octanol–water partition coefficient (Wildman–Crippen LogP) is 3.17. The van der Waals surface area contributed by atoms with E-state index in [1.54, 1.807) is 12.1 Å². The zero-order valence-electron chi connectivity index (χ0n) is 7.87. The molecule has 1 heterocycles. The molecule has 3 rings (SSSR count). The summed E-state index contributed by atoms with van der Waals surface area (Å²) in [6.07, 6.45) is 2.99. The highest BCUT2D eigenvalue weighted by molar-refractivity contribution is 6.31. The first-order valence-electron chi connectivity index (χ1n) is 4.83. The van der Waals surface area contributed by atoms with E-state index in [1.165, 1.54) is 0 Å². The van der Waals surface area contributed by atoms with Crippen LogP contribution in [0.3, 0.4) is 0 Å². The number of nitrogens with zero attached hydrogens (tertiary/aromatic N) is 1. The highest BCUT2D eigenvalue weighted by atomic mass is 35.5. The maximum atomic E-state index is 10.8. The van der Waals surface area contributed by atoms with E-state index in [0.717, 1.165) is 25.0 Å². The number of benzene rings is 1. The number of aldehydes is 1. The van der Waals surface area contributed by atoms with Crippen LogP contribution in [0.4, 0.5) is 0 Å². The van der Waals surface area contributed by atoms with Gasteiger partial charge in [0, 0.05) is 10.9 Å². The van der Waals surface area contributed by atoms with E-state index in [4.69, 9.17) is 16.0 Å². The van der Waals surface area contributed by atoms with Gasteiger partial charge < -0.3 is 4.42 Å². The first-order valence-corrected chi connectivity index (χ1v) is 5.21. The van der Waals surface area contributed by atoms with Gasteiger partial charge in [0.15, 0.2) is 17.8 Å². The van der Waals surface area contributed by atoms with E-state index < -0.39 is 0 Å². The molecule has 1 aromatic heterocycles. The van der Waals surface area contributed by atoms with Gasteiger partial charge in [-0.15, -0.1) is 0 Å². The van der Waals surface area contributed by atoms with Crippen molar-refractivity contribution in [2.45, 2.75) is 18.8 Å². The Hall–Kier alpha value is -1.35. The van der Waals surface area contributed by atoms with E-state index in [-0.39, 0.29) is 0 Å². The van der Waals surface area contributed by atoms with Crippen LogP contribution in [-0.2, 0) is 0 Å². The van der Waals surface area contributed by atoms with Gasteiger partial charge in [-0.3, -0.25) is 4.79 Å². The molecule has 0 amide bonds. The average molecular weight is 222 g/mol. The van der Waals surface area contributed by atoms with Crippen molar-refractivity contribution in [1.82, 2.24) is 4.98 Å². The molecule has 0 aliphatic heterocycles. The van der Waals surface area contributed by atoms with Crippen LogP contribution >= 0.6 is 11.6 Å². The van der Waals surface area contributed by atoms with Gasteiger partial charge >= 0.3 is 0 Å². The smallest absolute Gasteiger partial charge is 0.198 e. The summed E-state index contributed by atoms with van der Waals surface area (Å²) in [6.45, 7) is 0. The molecule has 1 aliphatic rings. The SMILES string of the molecule is O=Cc1cc(Cl)cc2nc(C3CC3)oc12. The van der Waals surface area contributed by atoms with E-state index >= 15 is 0 Å². The number of carbonyl (C=O) groups excluding carboxylic acids is 1. The fraction of sp³-hybridized carbons (Fsp3) is 0.273. The minimum atomic E-state index is 0.440. The van der Waals surface area contributed by atoms with Gasteiger partial charge in [-0.1, -0.05) is 11.6 Å². The van der Waals surface area contributed by atoms with Gasteiger partial charge in [-0.25, -0.2) is 4.98 Å². The van der Waals surface area contributed by atoms with Crippen LogP contribution in [0.15, 0.2) is 16.5 Å². The minimum Gasteiger partial charge on any atom is -0.440 e. The first kappa shape index (κ1) is 8.92. The number of oxazole rings is 1. The molecular weight excluding hydrogens is 214 g/mol. The van der Waals surface area contributed by atoms with Crippen molar-refractivity contribution in [2.75, 3.05) is 0 Å². The zero-order valence-corrected chi connectivity index (χ0v) is 8.62. The van der Waals surface area contributed by atoms with Crippen molar-refractivity contribution < 1.29 is 9.21 Å². The second-order valence-corrected chi connectivity index (χ2v) is 4.22. The average Bonchev–Trinajstić information content (AvgIpc) is 2.98. The van der Waals surface area contributed by atoms with Crippen LogP contribution in [-0.4, -0.2) is 11.3 Å². The molecule has 0 unspecified atom stereocenters. The van der Waals surface area contributed by atoms with E-state index in [2.05, 4.69) is 4.98 Å². The standard InChI is InChI=1S/C11H8ClNO2/c12-8-3-7(5-14)10-9(4-8)13-11(15-10)6-1-2-6/h3-6H,1-2H2. The topological polar surface area (TPSA) is 43.1 Å². The Morgan fingerprint density at radius 1 is 1.47 bits per heavy atom. The predicted molar refractivity (Wildman–Crippen MR) is 56.4 cm³/mol. The largest absolute Gasteiger partial charge is 0.440 e. The van der Waals surface area contributed by atoms with Gasteiger partial charge in [-0.05, 0) is 25.0 Å². The molecule has 1 saturated carbocycles. The Morgan fingerprint density at radius 3 is 2.93 bits per heavy atom. The fourth-order valence-electron chi connectivity index (χ4n) is 1.63. The third-order valence-electron chi connectivity index (χ3n) is 2.55. The number of halogens is 1. The molecular formula is C11H8ClNO2. The quantitative estimate of drug-likeness (QED) is 0.732. The lowest BCUT2D eigenvalue weighted by Crippen LogP contribution is -1.80. The molecule has 1 aliphatic carbocycles. The van der Waals surface area contributed by atoms with Crippen LogP contribution in [0.1, 0.15) is 35.0 Å². The van der Waals surface area contributed by atoms with Crippen molar-refractivity contribution in [3.63, 3.8) is 0 Å². The zero-order chi connectivity index (χ0) is 10.4. The highest BCUT2D eigenvalue weighted by Crippen LogP contribution is 2.41. The number of aromatic nitrogens is 1. The molecule has 1 fully saturated rings. The highest BCUT2D eigenvalue weighted by Gasteiger charge is 2.29. The van der Waals surface area contributed by atoms with Gasteiger partial charge in [0.1, 0.15) is 5.52 Å². The third kappa shape index (κ3) is 1.43. The summed E-state index contributed by atoms with van der Waals surface area (Å²) in [5, 5.41) is 0.514. The normalized spacial score (nSPS) is 15.8. The maximum Gasteiger partial charge on any atom is 0.198 e. The van der Waals surface area contributed by atoms with Crippen molar-refractivity contribution in [2.24, 2.45) is 0 Å². The third-order valence-corrected chi connectivity index (χ3v) is 2.77. The van der Waals surface area contributed by atoms with Crippen molar-refractivity contribution >= 4 is 29.0 Å². The molecule has 76 valence electrons. The van der Waals surface area contributed by atoms with Crippen LogP contribution in [0, 0.1) is 0 Å². The number of hydrogen-bond donors (Lipinski definition) is 0. The number of hydrogen-bond acceptors (Lipinski definition) is 3. The monoisotopic (exact) mass is 221 g/mol. The Kier molecular flexibility index (Phi) is 1.83. The number of fused-ring (bicyclic) bond motifs is 1. The van der Waals surface area contributed by atoms with Crippen LogP contribution in [0.5, 0.6) is 0 Å². The summed E-state index contributed by atoms with van der Waals surface area (Å²) in [6, 6.07) is 3.32. The molecule has 0 spiro atoms. The van der Waals surface area contributed by atoms with E-state index in [1.807, 2.05) is 0 Å². The van der Waals surface area contributed by atoms with E-state index in [0.29, 0.717) is 27.6 Å². The Morgan fingerprint density at radius 2 is 2.27 bits per heavy atom. The minimum absolute atomic E-state index is 0.440. The fourth-order valence-corrected chi connectivity index (χ4v) is 1.85. The van der Waals surface area contributed by atoms with Gasteiger partial charge in [0.25, 0.3) is 0 Å². The molecule has 4 heteroatoms. The van der Waals surface area contributed by atoms with Crippen LogP contribution in [0.25, 0.3) is 11.1 Å². The van der Waals surface area contributed by atoms with Crippen molar-refractivity contribution in [3.05, 3.63) is 28.6 Å². The number of carbonyl (C=O) groups is 1. The summed E-state index contributed by atoms with van der Waals surface area (Å²) in [5.74, 6) is 1.17. The summed E-state index contributed by atoms with van der Waals surface area (Å²) in [7, 11) is 0. The summed E-state index contributed by atoms with van der Waals surface area (Å²) < 4.78 is 5.57. The molecule has 0 saturated heterocycles. The van der Waals surface area contributed by atoms with E-state index in [9.17, 15) is 4.79 Å². The molecule has 0 radical (unpaired) electrons. The first-order chi connectivity index (χ1) is 7.28. The lowest BCUT2D eigenvalue weighted by atomic mass is 10.2. The molecule has 2 aromatic rings. The Balaban J connectivity index is 2.27. The molecule has 1 aromatic carbocycles. The second-order valence-electron chi connectivity index (χ2n) is 3.79. The molecule has 0 atom stereocenters. The summed E-state index contributed by atoms with van der Waals surface area (Å²) in [5.41, 5.74) is 1.69. The maximum absolute atomic E-state index is 10.8. The Bertz CT molecular complexity index is 543. The van der Waals surface area contributed by atoms with Crippen LogP contribution in [0.2, 0.25) is 5.02 Å². The molecule has 15 heavy (non-hydrogen) atoms. The van der Waals surface area contributed by atoms with Crippen molar-refractivity contribution in [1.29, 1.82) is 0 Å². The molecule has 0 bridgehead atoms. The van der Waals surface area contributed by atoms with Gasteiger partial charge in [0.2, 0.25) is 0 Å². The second kappa shape index (κ2) is 3.07. The lowest BCUT2D eigenvalue weighted by Gasteiger charge is -1.92. The lowest BCUT2D eigenvalue weighted by molar-refractivity contribution is 0.112. The summed E-state index contributed by atoms with van der Waals surface area (Å²) >= 11 is 5.87. The van der Waals surface area contributed by atoms with Crippen molar-refractivity contribution in [3.8, 4) is 0 Å². The molecule has 3 nitrogen and oxygen atoms in total.